The molecule has 2 unspecified atom stereocenters. The molecule has 0 radical (unpaired) electrons. The molecule has 0 aliphatic carbocycles. The monoisotopic (exact) mass is 231 g/mol. The smallest absolute Gasteiger partial charge is 0.169 e. The Morgan fingerprint density at radius 3 is 2.88 bits per heavy atom. The van der Waals surface area contributed by atoms with Crippen LogP contribution in [0.25, 0.3) is 0 Å². The molecule has 0 amide bonds. The molecule has 2 rings (SSSR count). The van der Waals surface area contributed by atoms with Crippen LogP contribution in [0.5, 0.6) is 0 Å². The molecule has 2 aliphatic heterocycles. The van der Waals surface area contributed by atoms with E-state index in [9.17, 15) is 5.11 Å². The zero-order chi connectivity index (χ0) is 11.5. The number of hydrogen-bond acceptors (Lipinski definition) is 5. The van der Waals surface area contributed by atoms with Gasteiger partial charge in [0.1, 0.15) is 0 Å². The van der Waals surface area contributed by atoms with Gasteiger partial charge in [0.05, 0.1) is 18.8 Å². The van der Waals surface area contributed by atoms with E-state index in [-0.39, 0.29) is 18.4 Å². The Balaban J connectivity index is 1.94. The van der Waals surface area contributed by atoms with Crippen LogP contribution in [0.4, 0.5) is 0 Å². The summed E-state index contributed by atoms with van der Waals surface area (Å²) in [4.78, 5) is 2.25. The van der Waals surface area contributed by atoms with Gasteiger partial charge in [0.15, 0.2) is 6.29 Å². The minimum Gasteiger partial charge on any atom is -0.389 e. The van der Waals surface area contributed by atoms with Crippen molar-refractivity contribution >= 4 is 0 Å². The first-order valence-electron chi connectivity index (χ1n) is 5.90. The Bertz CT molecular complexity index is 226. The largest absolute Gasteiger partial charge is 0.389 e. The third kappa shape index (κ3) is 2.55. The third-order valence-corrected chi connectivity index (χ3v) is 3.47. The van der Waals surface area contributed by atoms with E-state index in [1.54, 1.807) is 7.11 Å². The number of aliphatic hydroxyl groups excluding tert-OH is 1. The number of ether oxygens (including phenoxy) is 3. The molecule has 94 valence electrons. The van der Waals surface area contributed by atoms with Crippen molar-refractivity contribution in [3.05, 3.63) is 0 Å². The molecule has 0 aromatic carbocycles. The van der Waals surface area contributed by atoms with Crippen LogP contribution in [0.2, 0.25) is 0 Å². The lowest BCUT2D eigenvalue weighted by atomic mass is 9.98. The Morgan fingerprint density at radius 2 is 2.12 bits per heavy atom. The van der Waals surface area contributed by atoms with Gasteiger partial charge in [-0.1, -0.05) is 0 Å². The van der Waals surface area contributed by atoms with Gasteiger partial charge in [0.2, 0.25) is 0 Å². The molecule has 2 aliphatic rings. The molecule has 2 heterocycles. The molecule has 5 nitrogen and oxygen atoms in total. The minimum atomic E-state index is -0.413. The van der Waals surface area contributed by atoms with Crippen molar-refractivity contribution in [2.45, 2.75) is 37.9 Å². The van der Waals surface area contributed by atoms with E-state index in [2.05, 4.69) is 4.90 Å². The van der Waals surface area contributed by atoms with Gasteiger partial charge in [-0.2, -0.15) is 0 Å². The van der Waals surface area contributed by atoms with Crippen LogP contribution in [-0.4, -0.2) is 68.0 Å². The van der Waals surface area contributed by atoms with Crippen LogP contribution in [0.15, 0.2) is 0 Å². The van der Waals surface area contributed by atoms with Gasteiger partial charge in [-0.25, -0.2) is 0 Å². The number of rotatable bonds is 2. The first-order chi connectivity index (χ1) is 7.72. The normalized spacial score (nSPS) is 42.2. The van der Waals surface area contributed by atoms with E-state index in [4.69, 9.17) is 14.2 Å². The number of hydrogen-bond donors (Lipinski definition) is 1. The highest BCUT2D eigenvalue weighted by Gasteiger charge is 2.36. The molecule has 5 heteroatoms. The summed E-state index contributed by atoms with van der Waals surface area (Å²) in [5.41, 5.74) is 0. The topological polar surface area (TPSA) is 51.2 Å². The van der Waals surface area contributed by atoms with E-state index in [1.807, 2.05) is 6.92 Å². The summed E-state index contributed by atoms with van der Waals surface area (Å²) < 4.78 is 16.1. The van der Waals surface area contributed by atoms with Crippen LogP contribution < -0.4 is 0 Å². The van der Waals surface area contributed by atoms with Crippen LogP contribution in [0.3, 0.4) is 0 Å². The van der Waals surface area contributed by atoms with Gasteiger partial charge in [-0.05, 0) is 13.3 Å². The third-order valence-electron chi connectivity index (χ3n) is 3.47. The van der Waals surface area contributed by atoms with Gasteiger partial charge in [0, 0.05) is 32.8 Å². The van der Waals surface area contributed by atoms with Gasteiger partial charge >= 0.3 is 0 Å². The van der Waals surface area contributed by atoms with Crippen molar-refractivity contribution in [1.82, 2.24) is 4.90 Å². The minimum absolute atomic E-state index is 0.0809. The fourth-order valence-electron chi connectivity index (χ4n) is 2.44. The molecule has 4 atom stereocenters. The summed E-state index contributed by atoms with van der Waals surface area (Å²) in [6, 6.07) is 0.172. The molecule has 0 spiro atoms. The van der Waals surface area contributed by atoms with E-state index >= 15 is 0 Å². The molecule has 2 saturated heterocycles. The lowest BCUT2D eigenvalue weighted by Gasteiger charge is -2.43. The predicted octanol–water partition coefficient (Wildman–Crippen LogP) is -0.171. The number of aliphatic hydroxyl groups is 1. The quantitative estimate of drug-likeness (QED) is 0.715. The Kier molecular flexibility index (Phi) is 4.16. The first kappa shape index (κ1) is 12.3. The average Bonchev–Trinajstić information content (AvgIpc) is 2.33. The molecule has 16 heavy (non-hydrogen) atoms. The molecule has 2 fully saturated rings. The highest BCUT2D eigenvalue weighted by atomic mass is 16.7. The second-order valence-corrected chi connectivity index (χ2v) is 4.45. The van der Waals surface area contributed by atoms with Crippen molar-refractivity contribution in [3.8, 4) is 0 Å². The van der Waals surface area contributed by atoms with Gasteiger partial charge in [0.25, 0.3) is 0 Å². The highest BCUT2D eigenvalue weighted by Crippen LogP contribution is 2.22. The molecular weight excluding hydrogens is 210 g/mol. The first-order valence-corrected chi connectivity index (χ1v) is 5.90. The summed E-state index contributed by atoms with van der Waals surface area (Å²) in [5, 5.41) is 10.1. The molecule has 1 N–H and O–H groups in total. The summed E-state index contributed by atoms with van der Waals surface area (Å²) in [5.74, 6) is 0. The number of morpholine rings is 1. The van der Waals surface area contributed by atoms with Crippen molar-refractivity contribution < 1.29 is 19.3 Å². The zero-order valence-electron chi connectivity index (χ0n) is 9.96. The maximum Gasteiger partial charge on any atom is 0.169 e. The summed E-state index contributed by atoms with van der Waals surface area (Å²) in [7, 11) is 1.65. The lowest BCUT2D eigenvalue weighted by molar-refractivity contribution is -0.190. The highest BCUT2D eigenvalue weighted by molar-refractivity contribution is 4.87. The summed E-state index contributed by atoms with van der Waals surface area (Å²) >= 11 is 0. The number of nitrogens with zero attached hydrogens (tertiary/aromatic N) is 1. The Hall–Kier alpha value is -0.200. The maximum atomic E-state index is 10.1. The Labute approximate surface area is 96.3 Å². The Morgan fingerprint density at radius 1 is 1.31 bits per heavy atom. The average molecular weight is 231 g/mol. The van der Waals surface area contributed by atoms with Crippen molar-refractivity contribution in [2.75, 3.05) is 33.4 Å². The molecule has 0 bridgehead atoms. The lowest BCUT2D eigenvalue weighted by Crippen LogP contribution is -2.57. The number of methoxy groups -OCH3 is 1. The van der Waals surface area contributed by atoms with Crippen LogP contribution in [0.1, 0.15) is 13.3 Å². The zero-order valence-corrected chi connectivity index (χ0v) is 9.96. The van der Waals surface area contributed by atoms with E-state index in [0.29, 0.717) is 6.61 Å². The summed E-state index contributed by atoms with van der Waals surface area (Å²) in [6.07, 6.45) is 0.216. The molecule has 0 aromatic rings. The maximum absolute atomic E-state index is 10.1. The second-order valence-electron chi connectivity index (χ2n) is 4.45. The van der Waals surface area contributed by atoms with Gasteiger partial charge < -0.3 is 19.3 Å². The van der Waals surface area contributed by atoms with E-state index in [1.165, 1.54) is 0 Å². The van der Waals surface area contributed by atoms with E-state index in [0.717, 1.165) is 26.1 Å². The van der Waals surface area contributed by atoms with Crippen molar-refractivity contribution in [3.63, 3.8) is 0 Å². The van der Waals surface area contributed by atoms with Crippen molar-refractivity contribution in [1.29, 1.82) is 0 Å². The van der Waals surface area contributed by atoms with Crippen LogP contribution in [0, 0.1) is 0 Å². The van der Waals surface area contributed by atoms with Gasteiger partial charge in [-0.3, -0.25) is 4.90 Å². The summed E-state index contributed by atoms with van der Waals surface area (Å²) in [6.45, 7) is 4.89. The fraction of sp³-hybridized carbons (Fsp3) is 1.00. The molecule has 0 saturated carbocycles. The van der Waals surface area contributed by atoms with Gasteiger partial charge in [-0.15, -0.1) is 0 Å². The molecular formula is C11H21NO4. The van der Waals surface area contributed by atoms with Crippen LogP contribution in [-0.2, 0) is 14.2 Å². The standard InChI is InChI=1S/C11H21NO4/c1-8-11(13)9(3-5-15-8)12-4-6-16-10(7-12)14-2/h8-11,13H,3-7H2,1-2H3/t8-,9?,10?,11+/m0/s1. The van der Waals surface area contributed by atoms with Crippen molar-refractivity contribution in [2.24, 2.45) is 0 Å². The van der Waals surface area contributed by atoms with Crippen LogP contribution >= 0.6 is 0 Å². The molecule has 0 aromatic heterocycles. The fourth-order valence-corrected chi connectivity index (χ4v) is 2.44. The van der Waals surface area contributed by atoms with E-state index < -0.39 is 6.10 Å². The second kappa shape index (κ2) is 5.42. The predicted molar refractivity (Wildman–Crippen MR) is 58.1 cm³/mol. The SMILES string of the molecule is COC1CN(C2CCO[C@@H](C)[C@H]2O)CCO1.